The maximum atomic E-state index is 13.0. The van der Waals surface area contributed by atoms with Crippen molar-refractivity contribution in [1.82, 2.24) is 25.9 Å². The number of aliphatic carboxylic acids is 2. The van der Waals surface area contributed by atoms with Gasteiger partial charge in [-0.1, -0.05) is 0 Å². The van der Waals surface area contributed by atoms with Gasteiger partial charge < -0.3 is 42.6 Å². The molecule has 10 N–H and O–H groups in total. The van der Waals surface area contributed by atoms with Crippen molar-refractivity contribution in [2.45, 2.75) is 56.3 Å². The Morgan fingerprint density at radius 2 is 1.61 bits per heavy atom. The molecule has 0 fully saturated rings. The average molecular weight is 530 g/mol. The maximum absolute atomic E-state index is 13.0. The van der Waals surface area contributed by atoms with Crippen LogP contribution in [0.15, 0.2) is 12.5 Å². The summed E-state index contributed by atoms with van der Waals surface area (Å²) in [6.45, 7) is 0. The van der Waals surface area contributed by atoms with Gasteiger partial charge in [-0.2, -0.15) is 11.8 Å². The molecule has 15 nitrogen and oxygen atoms in total. The van der Waals surface area contributed by atoms with Crippen LogP contribution in [0.2, 0.25) is 0 Å². The molecule has 4 atom stereocenters. The minimum atomic E-state index is -1.62. The molecule has 36 heavy (non-hydrogen) atoms. The number of carboxylic acids is 2. The van der Waals surface area contributed by atoms with Gasteiger partial charge in [0.2, 0.25) is 23.6 Å². The van der Waals surface area contributed by atoms with E-state index in [2.05, 4.69) is 25.9 Å². The Hall–Kier alpha value is -3.66. The number of thioether (sulfide) groups is 1. The summed E-state index contributed by atoms with van der Waals surface area (Å²) >= 11 is 1.40. The molecule has 16 heteroatoms. The minimum Gasteiger partial charge on any atom is -0.481 e. The lowest BCUT2D eigenvalue weighted by Crippen LogP contribution is -2.58. The number of amides is 4. The lowest BCUT2D eigenvalue weighted by molar-refractivity contribution is -0.143. The summed E-state index contributed by atoms with van der Waals surface area (Å²) in [6.07, 6.45) is 3.46. The molecule has 0 aliphatic carbocycles. The zero-order valence-electron chi connectivity index (χ0n) is 19.6. The van der Waals surface area contributed by atoms with E-state index < -0.39 is 66.2 Å². The minimum absolute atomic E-state index is 0.109. The Labute approximate surface area is 210 Å². The van der Waals surface area contributed by atoms with E-state index in [1.807, 2.05) is 0 Å². The molecular weight excluding hydrogens is 498 g/mol. The number of nitrogens with two attached hydrogens (primary N) is 2. The van der Waals surface area contributed by atoms with Crippen LogP contribution in [0.25, 0.3) is 0 Å². The number of hydrogen-bond donors (Lipinski definition) is 8. The highest BCUT2D eigenvalue weighted by Crippen LogP contribution is 2.06. The standard InChI is InChI=1S/C20H31N7O8S/c1-36-5-4-12(25-17(31)11(21)2-3-16(29)30)18(32)26-13(6-10-8-23-9-24-10)19(33)27-14(20(34)35)7-15(22)28/h8-9,11-14H,2-7,21H2,1H3,(H2,22,28)(H,23,24)(H,25,31)(H,26,32)(H,27,33)(H,29,30)(H,34,35). The van der Waals surface area contributed by atoms with Crippen molar-refractivity contribution in [3.8, 4) is 0 Å². The molecule has 0 aliphatic rings. The van der Waals surface area contributed by atoms with Gasteiger partial charge in [-0.15, -0.1) is 0 Å². The van der Waals surface area contributed by atoms with Crippen molar-refractivity contribution in [1.29, 1.82) is 0 Å². The summed E-state index contributed by atoms with van der Waals surface area (Å²) in [5.74, 6) is -5.49. The van der Waals surface area contributed by atoms with E-state index in [1.165, 1.54) is 24.3 Å². The Morgan fingerprint density at radius 3 is 2.14 bits per heavy atom. The molecule has 0 spiro atoms. The number of carboxylic acid groups (broad SMARTS) is 2. The Morgan fingerprint density at radius 1 is 1.00 bits per heavy atom. The highest BCUT2D eigenvalue weighted by Gasteiger charge is 2.31. The largest absolute Gasteiger partial charge is 0.481 e. The summed E-state index contributed by atoms with van der Waals surface area (Å²) in [6, 6.07) is -5.20. The molecule has 4 unspecified atom stereocenters. The van der Waals surface area contributed by atoms with Gasteiger partial charge in [-0.3, -0.25) is 24.0 Å². The average Bonchev–Trinajstić information content (AvgIpc) is 3.31. The summed E-state index contributed by atoms with van der Waals surface area (Å²) in [7, 11) is 0. The van der Waals surface area contributed by atoms with Crippen LogP contribution in [0.1, 0.15) is 31.4 Å². The summed E-state index contributed by atoms with van der Waals surface area (Å²) < 4.78 is 0. The van der Waals surface area contributed by atoms with Crippen molar-refractivity contribution in [3.05, 3.63) is 18.2 Å². The third-order valence-electron chi connectivity index (χ3n) is 4.88. The molecule has 0 radical (unpaired) electrons. The zero-order valence-corrected chi connectivity index (χ0v) is 20.4. The third-order valence-corrected chi connectivity index (χ3v) is 5.53. The number of aromatic nitrogens is 2. The number of nitrogens with one attached hydrogen (secondary N) is 4. The first-order valence-electron chi connectivity index (χ1n) is 10.8. The van der Waals surface area contributed by atoms with Crippen molar-refractivity contribution in [3.63, 3.8) is 0 Å². The number of hydrogen-bond acceptors (Lipinski definition) is 9. The highest BCUT2D eigenvalue weighted by molar-refractivity contribution is 7.98. The molecule has 0 bridgehead atoms. The van der Waals surface area contributed by atoms with Crippen molar-refractivity contribution in [2.75, 3.05) is 12.0 Å². The van der Waals surface area contributed by atoms with E-state index in [4.69, 9.17) is 16.6 Å². The second-order valence-electron chi connectivity index (χ2n) is 7.79. The van der Waals surface area contributed by atoms with E-state index >= 15 is 0 Å². The molecule has 1 heterocycles. The van der Waals surface area contributed by atoms with Crippen LogP contribution in [-0.4, -0.2) is 91.9 Å². The van der Waals surface area contributed by atoms with Crippen LogP contribution in [-0.2, 0) is 35.2 Å². The van der Waals surface area contributed by atoms with Gasteiger partial charge in [0.15, 0.2) is 0 Å². The second-order valence-corrected chi connectivity index (χ2v) is 8.78. The van der Waals surface area contributed by atoms with E-state index in [1.54, 1.807) is 6.26 Å². The van der Waals surface area contributed by atoms with Crippen LogP contribution < -0.4 is 27.4 Å². The number of aromatic amines is 1. The monoisotopic (exact) mass is 529 g/mol. The van der Waals surface area contributed by atoms with Crippen LogP contribution in [0.4, 0.5) is 0 Å². The van der Waals surface area contributed by atoms with Crippen LogP contribution in [0.5, 0.6) is 0 Å². The van der Waals surface area contributed by atoms with Gasteiger partial charge in [0.1, 0.15) is 18.1 Å². The first-order chi connectivity index (χ1) is 16.9. The molecule has 1 aromatic rings. The molecule has 0 aromatic carbocycles. The van der Waals surface area contributed by atoms with E-state index in [-0.39, 0.29) is 25.7 Å². The van der Waals surface area contributed by atoms with Crippen molar-refractivity contribution >= 4 is 47.3 Å². The molecule has 1 aromatic heterocycles. The highest BCUT2D eigenvalue weighted by atomic mass is 32.2. The second kappa shape index (κ2) is 15.4. The fourth-order valence-electron chi connectivity index (χ4n) is 2.96. The Kier molecular flexibility index (Phi) is 13.0. The summed E-state index contributed by atoms with van der Waals surface area (Å²) in [4.78, 5) is 78.3. The van der Waals surface area contributed by atoms with Gasteiger partial charge in [0, 0.05) is 24.7 Å². The molecule has 200 valence electrons. The quantitative estimate of drug-likeness (QED) is 0.103. The van der Waals surface area contributed by atoms with Crippen LogP contribution in [0.3, 0.4) is 0 Å². The van der Waals surface area contributed by atoms with Crippen LogP contribution >= 0.6 is 11.8 Å². The van der Waals surface area contributed by atoms with Gasteiger partial charge in [-0.05, 0) is 24.9 Å². The van der Waals surface area contributed by atoms with E-state index in [0.29, 0.717) is 11.4 Å². The fourth-order valence-corrected chi connectivity index (χ4v) is 3.44. The smallest absolute Gasteiger partial charge is 0.326 e. The lowest BCUT2D eigenvalue weighted by Gasteiger charge is -2.25. The van der Waals surface area contributed by atoms with Crippen molar-refractivity contribution < 1.29 is 39.0 Å². The number of carbonyl (C=O) groups is 6. The maximum Gasteiger partial charge on any atom is 0.326 e. The number of imidazole rings is 1. The first kappa shape index (κ1) is 30.4. The normalized spacial score (nSPS) is 14.1. The topological polar surface area (TPSA) is 260 Å². The zero-order chi connectivity index (χ0) is 27.3. The lowest BCUT2D eigenvalue weighted by atomic mass is 10.1. The van der Waals surface area contributed by atoms with E-state index in [9.17, 15) is 33.9 Å². The number of nitrogens with zero attached hydrogens (tertiary/aromatic N) is 1. The molecule has 4 amide bonds. The summed E-state index contributed by atoms with van der Waals surface area (Å²) in [5.41, 5.74) is 11.2. The predicted molar refractivity (Wildman–Crippen MR) is 127 cm³/mol. The fraction of sp³-hybridized carbons (Fsp3) is 0.550. The molecular formula is C20H31N7O8S. The van der Waals surface area contributed by atoms with Gasteiger partial charge in [0.25, 0.3) is 0 Å². The number of H-pyrrole nitrogens is 1. The Balaban J connectivity index is 3.03. The summed E-state index contributed by atoms with van der Waals surface area (Å²) in [5, 5.41) is 25.2. The van der Waals surface area contributed by atoms with Gasteiger partial charge in [-0.25, -0.2) is 9.78 Å². The number of rotatable bonds is 17. The predicted octanol–water partition coefficient (Wildman–Crippen LogP) is -2.69. The first-order valence-corrected chi connectivity index (χ1v) is 12.2. The van der Waals surface area contributed by atoms with Crippen LogP contribution in [0, 0.1) is 0 Å². The Bertz CT molecular complexity index is 927. The third kappa shape index (κ3) is 11.2. The number of primary amides is 1. The number of carbonyl (C=O) groups excluding carboxylic acids is 4. The molecule has 0 saturated carbocycles. The van der Waals surface area contributed by atoms with Crippen molar-refractivity contribution in [2.24, 2.45) is 11.5 Å². The van der Waals surface area contributed by atoms with E-state index in [0.717, 1.165) is 0 Å². The SMILES string of the molecule is CSCCC(NC(=O)C(N)CCC(=O)O)C(=O)NC(Cc1cnc[nH]1)C(=O)NC(CC(N)=O)C(=O)O. The molecule has 0 saturated heterocycles. The van der Waals surface area contributed by atoms with Gasteiger partial charge in [0.05, 0.1) is 18.8 Å². The van der Waals surface area contributed by atoms with Gasteiger partial charge >= 0.3 is 11.9 Å². The molecule has 1 rings (SSSR count). The molecule has 0 aliphatic heterocycles.